The molecule has 1 aliphatic carbocycles. The van der Waals surface area contributed by atoms with E-state index in [1.54, 1.807) is 0 Å². The van der Waals surface area contributed by atoms with Gasteiger partial charge >= 0.3 is 5.76 Å². The first-order valence-corrected chi connectivity index (χ1v) is 8.39. The Morgan fingerprint density at radius 2 is 1.67 bits per heavy atom. The largest absolute Gasteiger partial charge is 0.341 e. The minimum absolute atomic E-state index is 0.0248. The molecule has 1 saturated carbocycles. The standard InChI is InChI=1S/C14H17F2NO3S/c15-14(16)21(19,20)12-8-6-11(7-9-12)17-13(18)10-4-2-1-3-5-10/h6-10,14H,1-5H2,(H,17,18). The number of nitrogens with one attached hydrogen (secondary N) is 1. The maximum atomic E-state index is 12.4. The number of anilines is 1. The maximum Gasteiger partial charge on any atom is 0.341 e. The molecule has 0 bridgehead atoms. The molecule has 7 heteroatoms. The Balaban J connectivity index is 2.04. The second kappa shape index (κ2) is 6.51. The summed E-state index contributed by atoms with van der Waals surface area (Å²) in [6.07, 6.45) is 4.91. The van der Waals surface area contributed by atoms with Crippen molar-refractivity contribution in [2.24, 2.45) is 5.92 Å². The highest BCUT2D eigenvalue weighted by molar-refractivity contribution is 7.91. The summed E-state index contributed by atoms with van der Waals surface area (Å²) < 4.78 is 47.3. The zero-order valence-corrected chi connectivity index (χ0v) is 12.2. The number of hydrogen-bond acceptors (Lipinski definition) is 3. The molecule has 0 aromatic heterocycles. The molecule has 0 aliphatic heterocycles. The van der Waals surface area contributed by atoms with Gasteiger partial charge in [0.25, 0.3) is 0 Å². The van der Waals surface area contributed by atoms with Gasteiger partial charge in [-0.05, 0) is 37.1 Å². The number of sulfone groups is 1. The third kappa shape index (κ3) is 3.78. The van der Waals surface area contributed by atoms with E-state index in [1.165, 1.54) is 12.1 Å². The van der Waals surface area contributed by atoms with Crippen LogP contribution in [0.3, 0.4) is 0 Å². The van der Waals surface area contributed by atoms with Gasteiger partial charge in [-0.2, -0.15) is 8.78 Å². The number of hydrogen-bond donors (Lipinski definition) is 1. The van der Waals surface area contributed by atoms with Gasteiger partial charge in [0.15, 0.2) is 0 Å². The minimum Gasteiger partial charge on any atom is -0.326 e. The molecule has 1 aromatic carbocycles. The number of carbonyl (C=O) groups excluding carboxylic acids is 1. The third-order valence-corrected chi connectivity index (χ3v) is 5.06. The van der Waals surface area contributed by atoms with Gasteiger partial charge in [-0.25, -0.2) is 8.42 Å². The Labute approximate surface area is 122 Å². The van der Waals surface area contributed by atoms with Crippen LogP contribution in [0.15, 0.2) is 29.2 Å². The topological polar surface area (TPSA) is 63.2 Å². The van der Waals surface area contributed by atoms with Gasteiger partial charge in [-0.15, -0.1) is 0 Å². The van der Waals surface area contributed by atoms with Gasteiger partial charge in [0.1, 0.15) is 0 Å². The first-order valence-electron chi connectivity index (χ1n) is 6.84. The van der Waals surface area contributed by atoms with Crippen molar-refractivity contribution in [2.75, 3.05) is 5.32 Å². The molecular formula is C14H17F2NO3S. The molecule has 2 rings (SSSR count). The van der Waals surface area contributed by atoms with Crippen LogP contribution in [0.25, 0.3) is 0 Å². The van der Waals surface area contributed by atoms with Crippen LogP contribution >= 0.6 is 0 Å². The highest BCUT2D eigenvalue weighted by Gasteiger charge is 2.26. The fraction of sp³-hybridized carbons (Fsp3) is 0.500. The van der Waals surface area contributed by atoms with Crippen molar-refractivity contribution >= 4 is 21.4 Å². The predicted molar refractivity (Wildman–Crippen MR) is 74.8 cm³/mol. The molecule has 1 fully saturated rings. The van der Waals surface area contributed by atoms with E-state index in [4.69, 9.17) is 0 Å². The Bertz CT molecular complexity index is 593. The Morgan fingerprint density at radius 3 is 2.19 bits per heavy atom. The summed E-state index contributed by atoms with van der Waals surface area (Å²) in [6.45, 7) is 0. The molecule has 1 aliphatic rings. The zero-order valence-electron chi connectivity index (χ0n) is 11.4. The quantitative estimate of drug-likeness (QED) is 0.927. The first-order chi connectivity index (χ1) is 9.91. The van der Waals surface area contributed by atoms with Crippen LogP contribution in [0.1, 0.15) is 32.1 Å². The number of carbonyl (C=O) groups is 1. The number of halogens is 2. The lowest BCUT2D eigenvalue weighted by Crippen LogP contribution is -2.24. The molecule has 4 nitrogen and oxygen atoms in total. The fourth-order valence-corrected chi connectivity index (χ4v) is 3.16. The smallest absolute Gasteiger partial charge is 0.326 e. The van der Waals surface area contributed by atoms with E-state index < -0.39 is 20.5 Å². The summed E-state index contributed by atoms with van der Waals surface area (Å²) in [4.78, 5) is 11.6. The van der Waals surface area contributed by atoms with Crippen LogP contribution in [0.2, 0.25) is 0 Å². The number of rotatable bonds is 4. The molecule has 0 saturated heterocycles. The molecule has 21 heavy (non-hydrogen) atoms. The van der Waals surface area contributed by atoms with Crippen molar-refractivity contribution in [2.45, 2.75) is 42.8 Å². The molecule has 0 spiro atoms. The van der Waals surface area contributed by atoms with Crippen molar-refractivity contribution in [1.29, 1.82) is 0 Å². The molecule has 1 aromatic rings. The van der Waals surface area contributed by atoms with E-state index in [0.717, 1.165) is 44.2 Å². The van der Waals surface area contributed by atoms with Crippen LogP contribution in [0, 0.1) is 5.92 Å². The van der Waals surface area contributed by atoms with Gasteiger partial charge in [0.2, 0.25) is 15.7 Å². The highest BCUT2D eigenvalue weighted by atomic mass is 32.2. The maximum absolute atomic E-state index is 12.4. The van der Waals surface area contributed by atoms with Crippen LogP contribution in [0.4, 0.5) is 14.5 Å². The number of amides is 1. The Morgan fingerprint density at radius 1 is 1.10 bits per heavy atom. The van der Waals surface area contributed by atoms with E-state index in [2.05, 4.69) is 5.32 Å². The van der Waals surface area contributed by atoms with Gasteiger partial charge in [0.05, 0.1) is 4.90 Å². The molecule has 0 radical (unpaired) electrons. The molecule has 1 N–H and O–H groups in total. The minimum atomic E-state index is -4.59. The summed E-state index contributed by atoms with van der Waals surface area (Å²) in [5.74, 6) is -3.57. The van der Waals surface area contributed by atoms with Gasteiger partial charge in [-0.3, -0.25) is 4.79 Å². The lowest BCUT2D eigenvalue weighted by molar-refractivity contribution is -0.120. The van der Waals surface area contributed by atoms with Crippen molar-refractivity contribution in [3.63, 3.8) is 0 Å². The summed E-state index contributed by atoms with van der Waals surface area (Å²) >= 11 is 0. The van der Waals surface area contributed by atoms with E-state index in [9.17, 15) is 22.0 Å². The second-order valence-electron chi connectivity index (χ2n) is 5.15. The van der Waals surface area contributed by atoms with Crippen LogP contribution in [-0.2, 0) is 14.6 Å². The predicted octanol–water partition coefficient (Wildman–Crippen LogP) is 3.20. The van der Waals surface area contributed by atoms with Gasteiger partial charge in [0, 0.05) is 11.6 Å². The third-order valence-electron chi connectivity index (χ3n) is 3.66. The van der Waals surface area contributed by atoms with E-state index in [0.29, 0.717) is 5.69 Å². The number of alkyl halides is 2. The second-order valence-corrected chi connectivity index (χ2v) is 7.07. The van der Waals surface area contributed by atoms with Crippen molar-refractivity contribution in [3.05, 3.63) is 24.3 Å². The summed E-state index contributed by atoms with van der Waals surface area (Å²) in [6, 6.07) is 4.82. The van der Waals surface area contributed by atoms with Gasteiger partial charge in [-0.1, -0.05) is 19.3 Å². The molecule has 0 unspecified atom stereocenters. The van der Waals surface area contributed by atoms with Gasteiger partial charge < -0.3 is 5.32 Å². The Kier molecular flexibility index (Phi) is 4.92. The average molecular weight is 317 g/mol. The summed E-state index contributed by atoms with van der Waals surface area (Å²) in [5, 5.41) is 2.70. The first kappa shape index (κ1) is 15.9. The molecule has 116 valence electrons. The SMILES string of the molecule is O=C(Nc1ccc(S(=O)(=O)C(F)F)cc1)C1CCCCC1. The van der Waals surface area contributed by atoms with Crippen molar-refractivity contribution < 1.29 is 22.0 Å². The summed E-state index contributed by atoms with van der Waals surface area (Å²) in [5.41, 5.74) is 0.416. The normalized spacial score (nSPS) is 16.9. The van der Waals surface area contributed by atoms with Crippen molar-refractivity contribution in [3.8, 4) is 0 Å². The summed E-state index contributed by atoms with van der Waals surface area (Å²) in [7, 11) is -4.59. The average Bonchev–Trinajstić information content (AvgIpc) is 2.48. The van der Waals surface area contributed by atoms with Crippen molar-refractivity contribution in [1.82, 2.24) is 0 Å². The molecule has 0 heterocycles. The highest BCUT2D eigenvalue weighted by Crippen LogP contribution is 2.25. The van der Waals surface area contributed by atoms with Crippen LogP contribution in [0.5, 0.6) is 0 Å². The molecular weight excluding hydrogens is 300 g/mol. The lowest BCUT2D eigenvalue weighted by atomic mass is 9.88. The molecule has 0 atom stereocenters. The van der Waals surface area contributed by atoms with E-state index >= 15 is 0 Å². The Hall–Kier alpha value is -1.50. The van der Waals surface area contributed by atoms with E-state index in [1.807, 2.05) is 0 Å². The van der Waals surface area contributed by atoms with Crippen LogP contribution < -0.4 is 5.32 Å². The number of benzene rings is 1. The molecule has 1 amide bonds. The lowest BCUT2D eigenvalue weighted by Gasteiger charge is -2.20. The monoisotopic (exact) mass is 317 g/mol. The van der Waals surface area contributed by atoms with E-state index in [-0.39, 0.29) is 11.8 Å². The zero-order chi connectivity index (χ0) is 15.5. The van der Waals surface area contributed by atoms with Crippen LogP contribution in [-0.4, -0.2) is 20.1 Å². The fourth-order valence-electron chi connectivity index (χ4n) is 2.44.